The van der Waals surface area contributed by atoms with Crippen LogP contribution < -0.4 is 14.2 Å². The van der Waals surface area contributed by atoms with Gasteiger partial charge >= 0.3 is 6.18 Å². The van der Waals surface area contributed by atoms with E-state index in [9.17, 15) is 18.0 Å². The number of likely N-dealkylation sites (tertiary alicyclic amines) is 1. The first-order valence-electron chi connectivity index (χ1n) is 10.6. The van der Waals surface area contributed by atoms with E-state index in [0.717, 1.165) is 10.6 Å². The van der Waals surface area contributed by atoms with Gasteiger partial charge in [-0.3, -0.25) is 4.79 Å². The Hall–Kier alpha value is -3.50. The van der Waals surface area contributed by atoms with Crippen molar-refractivity contribution in [1.82, 2.24) is 19.5 Å². The van der Waals surface area contributed by atoms with Crippen LogP contribution in [0.5, 0.6) is 17.2 Å². The van der Waals surface area contributed by atoms with Crippen LogP contribution in [0.4, 0.5) is 13.2 Å². The fourth-order valence-electron chi connectivity index (χ4n) is 4.06. The Bertz CT molecular complexity index is 1210. The number of halogens is 3. The van der Waals surface area contributed by atoms with Crippen molar-refractivity contribution in [3.63, 3.8) is 0 Å². The predicted molar refractivity (Wildman–Crippen MR) is 109 cm³/mol. The Kier molecular flexibility index (Phi) is 5.26. The molecule has 174 valence electrons. The summed E-state index contributed by atoms with van der Waals surface area (Å²) in [6.07, 6.45) is -3.56. The number of nitrogens with zero attached hydrogens (tertiary/aromatic N) is 4. The van der Waals surface area contributed by atoms with Gasteiger partial charge in [0.1, 0.15) is 11.4 Å². The summed E-state index contributed by atoms with van der Waals surface area (Å²) < 4.78 is 57.5. The van der Waals surface area contributed by atoms with Gasteiger partial charge in [-0.1, -0.05) is 6.92 Å². The molecule has 0 bridgehead atoms. The number of carbonyl (C=O) groups is 1. The zero-order valence-corrected chi connectivity index (χ0v) is 17.8. The number of ether oxygens (including phenoxy) is 3. The number of fused-ring (bicyclic) bond motifs is 2. The van der Waals surface area contributed by atoms with Crippen molar-refractivity contribution in [2.75, 3.05) is 26.5 Å². The zero-order chi connectivity index (χ0) is 23.2. The van der Waals surface area contributed by atoms with E-state index >= 15 is 0 Å². The minimum atomic E-state index is -4.54. The predicted octanol–water partition coefficient (Wildman–Crippen LogP) is 3.43. The smallest absolute Gasteiger partial charge is 0.433 e. The number of aromatic nitrogens is 3. The largest absolute Gasteiger partial charge is 0.484 e. The third kappa shape index (κ3) is 4.14. The molecular formula is C22H21F3N4O4. The van der Waals surface area contributed by atoms with E-state index in [0.29, 0.717) is 54.6 Å². The molecule has 2 aromatic heterocycles. The molecule has 2 aliphatic heterocycles. The molecule has 1 saturated heterocycles. The van der Waals surface area contributed by atoms with Gasteiger partial charge in [-0.15, -0.1) is 0 Å². The fraction of sp³-hybridized carbons (Fsp3) is 0.409. The van der Waals surface area contributed by atoms with Gasteiger partial charge in [-0.2, -0.15) is 18.3 Å². The lowest BCUT2D eigenvalue weighted by Crippen LogP contribution is -2.32. The van der Waals surface area contributed by atoms with Crippen LogP contribution in [-0.2, 0) is 17.4 Å². The number of aryl methyl sites for hydroxylation is 1. The van der Waals surface area contributed by atoms with Crippen molar-refractivity contribution < 1.29 is 32.2 Å². The molecule has 8 nitrogen and oxygen atoms in total. The Morgan fingerprint density at radius 3 is 2.82 bits per heavy atom. The first-order valence-corrected chi connectivity index (χ1v) is 10.6. The van der Waals surface area contributed by atoms with E-state index < -0.39 is 11.9 Å². The number of hydrogen-bond acceptors (Lipinski definition) is 6. The van der Waals surface area contributed by atoms with Crippen molar-refractivity contribution >= 4 is 11.6 Å². The summed E-state index contributed by atoms with van der Waals surface area (Å²) >= 11 is 0. The average molecular weight is 462 g/mol. The average Bonchev–Trinajstić information content (AvgIpc) is 3.54. The lowest BCUT2D eigenvalue weighted by atomic mass is 10.1. The summed E-state index contributed by atoms with van der Waals surface area (Å²) in [5.74, 6) is 1.29. The second-order valence-corrected chi connectivity index (χ2v) is 7.95. The third-order valence-corrected chi connectivity index (χ3v) is 5.82. The van der Waals surface area contributed by atoms with Crippen molar-refractivity contribution in [1.29, 1.82) is 0 Å². The molecule has 1 fully saturated rings. The van der Waals surface area contributed by atoms with Gasteiger partial charge in [-0.25, -0.2) is 9.50 Å². The maximum absolute atomic E-state index is 13.5. The highest BCUT2D eigenvalue weighted by atomic mass is 19.4. The van der Waals surface area contributed by atoms with Crippen molar-refractivity contribution in [2.24, 2.45) is 0 Å². The molecule has 33 heavy (non-hydrogen) atoms. The molecule has 2 aliphatic rings. The molecule has 0 aliphatic carbocycles. The van der Waals surface area contributed by atoms with Crippen LogP contribution in [0, 0.1) is 0 Å². The normalized spacial score (nSPS) is 17.7. The van der Waals surface area contributed by atoms with E-state index in [-0.39, 0.29) is 30.9 Å². The first kappa shape index (κ1) is 21.4. The van der Waals surface area contributed by atoms with Crippen molar-refractivity contribution in [3.8, 4) is 17.2 Å². The number of alkyl halides is 3. The fourth-order valence-corrected chi connectivity index (χ4v) is 4.06. The Labute approximate surface area is 186 Å². The maximum atomic E-state index is 13.5. The number of amides is 1. The molecule has 1 amide bonds. The van der Waals surface area contributed by atoms with Gasteiger partial charge in [0, 0.05) is 36.8 Å². The van der Waals surface area contributed by atoms with Gasteiger partial charge in [0.2, 0.25) is 6.79 Å². The highest BCUT2D eigenvalue weighted by Gasteiger charge is 2.36. The van der Waals surface area contributed by atoms with E-state index in [1.165, 1.54) is 0 Å². The van der Waals surface area contributed by atoms with Gasteiger partial charge in [0.25, 0.3) is 5.91 Å². The van der Waals surface area contributed by atoms with Crippen LogP contribution >= 0.6 is 0 Å². The van der Waals surface area contributed by atoms with Crippen molar-refractivity contribution in [2.45, 2.75) is 31.9 Å². The van der Waals surface area contributed by atoms with Crippen LogP contribution in [0.3, 0.4) is 0 Å². The van der Waals surface area contributed by atoms with E-state index in [1.54, 1.807) is 36.1 Å². The number of benzene rings is 1. The molecule has 1 aromatic carbocycles. The first-order chi connectivity index (χ1) is 15.8. The van der Waals surface area contributed by atoms with Gasteiger partial charge in [0.15, 0.2) is 23.8 Å². The van der Waals surface area contributed by atoms with Crippen LogP contribution in [-0.4, -0.2) is 51.9 Å². The highest BCUT2D eigenvalue weighted by Crippen LogP contribution is 2.35. The zero-order valence-electron chi connectivity index (χ0n) is 17.8. The number of carbonyl (C=O) groups excluding carboxylic acids is 1. The molecule has 0 saturated carbocycles. The van der Waals surface area contributed by atoms with Gasteiger partial charge in [-0.05, 0) is 31.0 Å². The molecule has 1 atom stereocenters. The summed E-state index contributed by atoms with van der Waals surface area (Å²) in [7, 11) is 0. The topological polar surface area (TPSA) is 78.2 Å². The van der Waals surface area contributed by atoms with Crippen LogP contribution in [0.15, 0.2) is 30.3 Å². The second-order valence-electron chi connectivity index (χ2n) is 7.95. The monoisotopic (exact) mass is 462 g/mol. The summed E-state index contributed by atoms with van der Waals surface area (Å²) in [6.45, 7) is 2.58. The summed E-state index contributed by atoms with van der Waals surface area (Å²) in [6, 6.07) is 7.68. The standard InChI is InChI=1S/C22H21F3N4O4/c1-2-14-7-19(22(23,24)25)29-20(26-14)9-16(27-29)13-5-6-28(10-13)21(30)11-31-15-3-4-17-18(8-15)33-12-32-17/h3-4,7-9,13H,2,5-6,10-12H2,1H3/t13-/m0/s1. The van der Waals surface area contributed by atoms with E-state index in [2.05, 4.69) is 10.1 Å². The SMILES string of the molecule is CCc1cc(C(F)(F)F)n2nc([C@H]3CCN(C(=O)COc4ccc5c(c4)OCO5)C3)cc2n1. The van der Waals surface area contributed by atoms with Gasteiger partial charge < -0.3 is 19.1 Å². The third-order valence-electron chi connectivity index (χ3n) is 5.82. The molecule has 0 N–H and O–H groups in total. The summed E-state index contributed by atoms with van der Waals surface area (Å²) in [5, 5.41) is 4.20. The van der Waals surface area contributed by atoms with Crippen LogP contribution in [0.2, 0.25) is 0 Å². The molecule has 0 spiro atoms. The van der Waals surface area contributed by atoms with E-state index in [1.807, 2.05) is 0 Å². The summed E-state index contributed by atoms with van der Waals surface area (Å²) in [4.78, 5) is 18.5. The minimum Gasteiger partial charge on any atom is -0.484 e. The number of hydrogen-bond donors (Lipinski definition) is 0. The molecule has 5 rings (SSSR count). The quantitative estimate of drug-likeness (QED) is 0.578. The minimum absolute atomic E-state index is 0.148. The molecule has 0 unspecified atom stereocenters. The molecule has 3 aromatic rings. The lowest BCUT2D eigenvalue weighted by Gasteiger charge is -2.16. The summed E-state index contributed by atoms with van der Waals surface area (Å²) in [5.41, 5.74) is 0.157. The maximum Gasteiger partial charge on any atom is 0.433 e. The van der Waals surface area contributed by atoms with Gasteiger partial charge in [0.05, 0.1) is 5.69 Å². The molecule has 4 heterocycles. The highest BCUT2D eigenvalue weighted by molar-refractivity contribution is 5.78. The Balaban J connectivity index is 1.27. The van der Waals surface area contributed by atoms with Crippen LogP contribution in [0.25, 0.3) is 5.65 Å². The number of rotatable bonds is 5. The lowest BCUT2D eigenvalue weighted by molar-refractivity contribution is -0.142. The Morgan fingerprint density at radius 1 is 1.21 bits per heavy atom. The molecular weight excluding hydrogens is 441 g/mol. The molecule has 11 heteroatoms. The van der Waals surface area contributed by atoms with Crippen LogP contribution in [0.1, 0.15) is 36.3 Å². The second kappa shape index (κ2) is 8.13. The Morgan fingerprint density at radius 2 is 2.03 bits per heavy atom. The molecule has 0 radical (unpaired) electrons. The van der Waals surface area contributed by atoms with E-state index in [4.69, 9.17) is 14.2 Å². The van der Waals surface area contributed by atoms with Crippen molar-refractivity contribution in [3.05, 3.63) is 47.4 Å².